The van der Waals surface area contributed by atoms with Crippen molar-refractivity contribution in [3.63, 3.8) is 0 Å². The van der Waals surface area contributed by atoms with Crippen LogP contribution in [0.4, 0.5) is 0 Å². The minimum atomic E-state index is -0.880. The highest BCUT2D eigenvalue weighted by atomic mass is 16.6. The number of hydrogen-bond acceptors (Lipinski definition) is 6. The van der Waals surface area contributed by atoms with Crippen molar-refractivity contribution in [2.24, 2.45) is 0 Å². The summed E-state index contributed by atoms with van der Waals surface area (Å²) in [7, 11) is 5.51. The van der Waals surface area contributed by atoms with Crippen molar-refractivity contribution in [3.8, 4) is 0 Å². The van der Waals surface area contributed by atoms with E-state index in [1.165, 1.54) is 77.0 Å². The Morgan fingerprint density at radius 3 is 1.63 bits per heavy atom. The third-order valence-corrected chi connectivity index (χ3v) is 9.05. The van der Waals surface area contributed by atoms with E-state index in [-0.39, 0.29) is 36.2 Å². The number of carboxylic acid groups (broad SMARTS) is 1. The number of nitrogens with zero attached hydrogens (tertiary/aromatic N) is 1. The average Bonchev–Trinajstić information content (AvgIpc) is 3.08. The SMILES string of the molecule is CC/C=C/C/C=C/C/C=C/CCCCC(=O)OCC(COCCC(C(=O)O)[N+](C)(C)C)OC(=O)CCCCCCCCCCCCCCCCC. The minimum absolute atomic E-state index is 0.0511. The smallest absolute Gasteiger partial charge is 0.362 e. The summed E-state index contributed by atoms with van der Waals surface area (Å²) in [6, 6.07) is -0.617. The summed E-state index contributed by atoms with van der Waals surface area (Å²) >= 11 is 0. The van der Waals surface area contributed by atoms with Crippen LogP contribution >= 0.6 is 0 Å². The largest absolute Gasteiger partial charge is 0.477 e. The number of carbonyl (C=O) groups is 3. The van der Waals surface area contributed by atoms with E-state index in [2.05, 4.69) is 50.3 Å². The van der Waals surface area contributed by atoms with E-state index in [1.54, 1.807) is 0 Å². The van der Waals surface area contributed by atoms with Gasteiger partial charge in [-0.15, -0.1) is 0 Å². The van der Waals surface area contributed by atoms with Crippen LogP contribution in [0.3, 0.4) is 0 Å². The fraction of sp³-hybridized carbons (Fsp3) is 0.791. The van der Waals surface area contributed by atoms with Gasteiger partial charge in [-0.1, -0.05) is 140 Å². The van der Waals surface area contributed by atoms with Crippen molar-refractivity contribution >= 4 is 17.9 Å². The molecule has 0 spiro atoms. The lowest BCUT2D eigenvalue weighted by atomic mass is 10.0. The van der Waals surface area contributed by atoms with Gasteiger partial charge in [0.05, 0.1) is 34.4 Å². The van der Waals surface area contributed by atoms with Gasteiger partial charge in [0.1, 0.15) is 6.61 Å². The van der Waals surface area contributed by atoms with Gasteiger partial charge in [0.15, 0.2) is 12.1 Å². The van der Waals surface area contributed by atoms with Crippen molar-refractivity contribution in [1.29, 1.82) is 0 Å². The summed E-state index contributed by atoms with van der Waals surface area (Å²) in [5.41, 5.74) is 0. The number of hydrogen-bond donors (Lipinski definition) is 1. The summed E-state index contributed by atoms with van der Waals surface area (Å²) < 4.78 is 17.2. The maximum absolute atomic E-state index is 12.7. The maximum atomic E-state index is 12.7. The van der Waals surface area contributed by atoms with Gasteiger partial charge in [-0.3, -0.25) is 9.59 Å². The predicted molar refractivity (Wildman–Crippen MR) is 211 cm³/mol. The number of allylic oxidation sites excluding steroid dienone is 6. The quantitative estimate of drug-likeness (QED) is 0.0298. The molecule has 0 amide bonds. The van der Waals surface area contributed by atoms with Crippen molar-refractivity contribution in [2.75, 3.05) is 41.0 Å². The van der Waals surface area contributed by atoms with Gasteiger partial charge in [-0.2, -0.15) is 0 Å². The van der Waals surface area contributed by atoms with E-state index >= 15 is 0 Å². The van der Waals surface area contributed by atoms with Gasteiger partial charge in [0.25, 0.3) is 0 Å². The Labute approximate surface area is 313 Å². The van der Waals surface area contributed by atoms with E-state index in [0.29, 0.717) is 19.3 Å². The van der Waals surface area contributed by atoms with Crippen molar-refractivity contribution in [1.82, 2.24) is 0 Å². The lowest BCUT2D eigenvalue weighted by Gasteiger charge is -2.31. The van der Waals surface area contributed by atoms with E-state index in [4.69, 9.17) is 14.2 Å². The monoisotopic (exact) mass is 721 g/mol. The first-order valence-electron chi connectivity index (χ1n) is 20.5. The third kappa shape index (κ3) is 33.2. The molecule has 0 aromatic heterocycles. The first-order valence-corrected chi connectivity index (χ1v) is 20.5. The van der Waals surface area contributed by atoms with Crippen LogP contribution in [0, 0.1) is 0 Å². The molecule has 296 valence electrons. The van der Waals surface area contributed by atoms with Crippen molar-refractivity contribution in [3.05, 3.63) is 36.5 Å². The molecule has 0 saturated heterocycles. The molecule has 0 aliphatic heterocycles. The topological polar surface area (TPSA) is 99.1 Å². The number of aliphatic carboxylic acids is 1. The second kappa shape index (κ2) is 34.6. The number of rotatable bonds is 36. The first kappa shape index (κ1) is 48.5. The molecule has 0 aromatic carbocycles. The highest BCUT2D eigenvalue weighted by Gasteiger charge is 2.31. The maximum Gasteiger partial charge on any atom is 0.362 e. The number of carbonyl (C=O) groups excluding carboxylic acids is 2. The van der Waals surface area contributed by atoms with Gasteiger partial charge in [-0.05, 0) is 44.9 Å². The first-order chi connectivity index (χ1) is 24.6. The Kier molecular flexibility index (Phi) is 33.0. The Morgan fingerprint density at radius 1 is 0.608 bits per heavy atom. The molecule has 2 atom stereocenters. The highest BCUT2D eigenvalue weighted by Crippen LogP contribution is 2.15. The van der Waals surface area contributed by atoms with Crippen LogP contribution in [-0.4, -0.2) is 80.6 Å². The zero-order valence-corrected chi connectivity index (χ0v) is 33.6. The third-order valence-electron chi connectivity index (χ3n) is 9.05. The van der Waals surface area contributed by atoms with Crippen LogP contribution in [0.2, 0.25) is 0 Å². The number of ether oxygens (including phenoxy) is 3. The number of likely N-dealkylation sites (N-methyl/N-ethyl adjacent to an activating group) is 1. The van der Waals surface area contributed by atoms with Crippen molar-refractivity contribution in [2.45, 2.75) is 180 Å². The molecule has 0 heterocycles. The number of esters is 2. The zero-order valence-electron chi connectivity index (χ0n) is 33.6. The minimum Gasteiger partial charge on any atom is -0.477 e. The molecule has 0 bridgehead atoms. The Balaban J connectivity index is 4.41. The molecule has 51 heavy (non-hydrogen) atoms. The van der Waals surface area contributed by atoms with Gasteiger partial charge < -0.3 is 23.8 Å². The molecule has 8 heteroatoms. The van der Waals surface area contributed by atoms with Crippen LogP contribution in [0.1, 0.15) is 168 Å². The molecule has 8 nitrogen and oxygen atoms in total. The van der Waals surface area contributed by atoms with E-state index < -0.39 is 18.1 Å². The van der Waals surface area contributed by atoms with Crippen LogP contribution in [0.5, 0.6) is 0 Å². The van der Waals surface area contributed by atoms with E-state index in [1.807, 2.05) is 21.1 Å². The molecule has 0 radical (unpaired) electrons. The number of unbranched alkanes of at least 4 members (excludes halogenated alkanes) is 16. The lowest BCUT2D eigenvalue weighted by molar-refractivity contribution is -0.887. The molecular formula is C43H78NO7+. The molecule has 0 aromatic rings. The normalized spacial score (nSPS) is 13.4. The van der Waals surface area contributed by atoms with Gasteiger partial charge in [-0.25, -0.2) is 4.79 Å². The van der Waals surface area contributed by atoms with Gasteiger partial charge in [0.2, 0.25) is 0 Å². The molecule has 0 rings (SSSR count). The predicted octanol–water partition coefficient (Wildman–Crippen LogP) is 10.7. The fourth-order valence-electron chi connectivity index (χ4n) is 5.87. The standard InChI is InChI=1S/C43H77NO7/c1-6-8-10-12-14-16-18-20-21-22-24-26-28-30-32-34-42(46)51-39(37-49-36-35-40(43(47)48)44(3,4)5)38-50-41(45)33-31-29-27-25-23-19-17-15-13-11-9-7-2/h9,11,15,17,23,25,39-40H,6-8,10,12-14,16,18-22,24,26-38H2,1-5H3/p+1/b11-9+,17-15+,25-23+. The molecule has 2 unspecified atom stereocenters. The Hall–Kier alpha value is -2.45. The summed E-state index contributed by atoms with van der Waals surface area (Å²) in [6.45, 7) is 4.58. The molecule has 0 saturated carbocycles. The second-order valence-corrected chi connectivity index (χ2v) is 14.9. The molecule has 1 N–H and O–H groups in total. The highest BCUT2D eigenvalue weighted by molar-refractivity contribution is 5.72. The van der Waals surface area contributed by atoms with E-state index in [0.717, 1.165) is 57.8 Å². The van der Waals surface area contributed by atoms with Crippen LogP contribution in [0.15, 0.2) is 36.5 Å². The zero-order chi connectivity index (χ0) is 37.8. The van der Waals surface area contributed by atoms with E-state index in [9.17, 15) is 19.5 Å². The van der Waals surface area contributed by atoms with Crippen molar-refractivity contribution < 1.29 is 38.2 Å². The molecule has 0 fully saturated rings. The average molecular weight is 721 g/mol. The van der Waals surface area contributed by atoms with Gasteiger partial charge >= 0.3 is 17.9 Å². The summed E-state index contributed by atoms with van der Waals surface area (Å²) in [5, 5.41) is 9.59. The Bertz CT molecular complexity index is 937. The second-order valence-electron chi connectivity index (χ2n) is 14.9. The number of carboxylic acids is 1. The number of quaternary nitrogens is 1. The van der Waals surface area contributed by atoms with Gasteiger partial charge in [0, 0.05) is 19.3 Å². The summed E-state index contributed by atoms with van der Waals surface area (Å²) in [5.74, 6) is -1.51. The van der Waals surface area contributed by atoms with Crippen LogP contribution < -0.4 is 0 Å². The summed E-state index contributed by atoms with van der Waals surface area (Å²) in [6.07, 6.45) is 37.6. The fourth-order valence-corrected chi connectivity index (χ4v) is 5.87. The Morgan fingerprint density at radius 2 is 1.10 bits per heavy atom. The molecular weight excluding hydrogens is 642 g/mol. The molecule has 0 aliphatic carbocycles. The van der Waals surface area contributed by atoms with Crippen LogP contribution in [-0.2, 0) is 28.6 Å². The summed E-state index contributed by atoms with van der Waals surface area (Å²) in [4.78, 5) is 36.8. The molecule has 0 aliphatic rings. The van der Waals surface area contributed by atoms with Crippen LogP contribution in [0.25, 0.3) is 0 Å². The lowest BCUT2D eigenvalue weighted by Crippen LogP contribution is -2.50.